The summed E-state index contributed by atoms with van der Waals surface area (Å²) >= 11 is 0. The first-order valence-corrected chi connectivity index (χ1v) is 6.51. The molecule has 102 valence electrons. The first-order valence-electron chi connectivity index (χ1n) is 6.51. The molecule has 0 unspecified atom stereocenters. The van der Waals surface area contributed by atoms with Gasteiger partial charge in [-0.15, -0.1) is 0 Å². The first kappa shape index (κ1) is 13.5. The van der Waals surface area contributed by atoms with Gasteiger partial charge in [0.15, 0.2) is 0 Å². The van der Waals surface area contributed by atoms with Crippen LogP contribution in [0.2, 0.25) is 0 Å². The molecular weight excluding hydrogens is 242 g/mol. The molecule has 5 heteroatoms. The quantitative estimate of drug-likeness (QED) is 0.754. The van der Waals surface area contributed by atoms with Crippen molar-refractivity contribution in [3.8, 4) is 0 Å². The number of hydrogen-bond acceptors (Lipinski definition) is 3. The molecule has 1 aromatic rings. The van der Waals surface area contributed by atoms with Crippen molar-refractivity contribution in [2.45, 2.75) is 26.2 Å². The third-order valence-corrected chi connectivity index (χ3v) is 3.47. The van der Waals surface area contributed by atoms with E-state index < -0.39 is 0 Å². The van der Waals surface area contributed by atoms with Crippen molar-refractivity contribution in [1.29, 1.82) is 0 Å². The van der Waals surface area contributed by atoms with Crippen molar-refractivity contribution in [3.05, 3.63) is 24.3 Å². The van der Waals surface area contributed by atoms with E-state index in [2.05, 4.69) is 10.6 Å². The summed E-state index contributed by atoms with van der Waals surface area (Å²) in [6.45, 7) is 2.19. The second-order valence-corrected chi connectivity index (χ2v) is 4.92. The van der Waals surface area contributed by atoms with Gasteiger partial charge in [0.25, 0.3) is 0 Å². The van der Waals surface area contributed by atoms with E-state index in [1.54, 1.807) is 31.2 Å². The molecule has 1 aliphatic rings. The molecule has 0 heterocycles. The number of nitrogens with two attached hydrogens (primary N) is 1. The van der Waals surface area contributed by atoms with Crippen LogP contribution in [0.5, 0.6) is 0 Å². The number of carbonyl (C=O) groups is 2. The van der Waals surface area contributed by atoms with Gasteiger partial charge in [-0.2, -0.15) is 0 Å². The van der Waals surface area contributed by atoms with Crippen LogP contribution < -0.4 is 16.4 Å². The highest BCUT2D eigenvalue weighted by Crippen LogP contribution is 2.45. The Morgan fingerprint density at radius 3 is 2.11 bits per heavy atom. The van der Waals surface area contributed by atoms with Crippen LogP contribution in [0.1, 0.15) is 26.2 Å². The van der Waals surface area contributed by atoms with Gasteiger partial charge in [-0.1, -0.05) is 6.92 Å². The second-order valence-electron chi connectivity index (χ2n) is 4.92. The van der Waals surface area contributed by atoms with Crippen LogP contribution in [0.25, 0.3) is 0 Å². The lowest BCUT2D eigenvalue weighted by molar-refractivity contribution is -0.120. The Labute approximate surface area is 112 Å². The molecule has 5 nitrogen and oxygen atoms in total. The predicted molar refractivity (Wildman–Crippen MR) is 74.7 cm³/mol. The number of carbonyl (C=O) groups excluding carboxylic acids is 2. The van der Waals surface area contributed by atoms with Gasteiger partial charge in [-0.25, -0.2) is 0 Å². The minimum atomic E-state index is -0.352. The van der Waals surface area contributed by atoms with Crippen LogP contribution in [0.3, 0.4) is 0 Å². The zero-order valence-corrected chi connectivity index (χ0v) is 11.0. The molecular formula is C14H19N3O2. The van der Waals surface area contributed by atoms with Gasteiger partial charge < -0.3 is 16.4 Å². The average molecular weight is 261 g/mol. The molecule has 1 fully saturated rings. The maximum Gasteiger partial charge on any atom is 0.231 e. The molecule has 0 saturated heterocycles. The Balaban J connectivity index is 1.95. The molecule has 1 aromatic carbocycles. The first-order chi connectivity index (χ1) is 9.09. The number of amides is 2. The number of benzene rings is 1. The van der Waals surface area contributed by atoms with E-state index in [-0.39, 0.29) is 17.2 Å². The van der Waals surface area contributed by atoms with Crippen molar-refractivity contribution in [3.63, 3.8) is 0 Å². The van der Waals surface area contributed by atoms with Crippen molar-refractivity contribution >= 4 is 23.2 Å². The second kappa shape index (κ2) is 5.40. The summed E-state index contributed by atoms with van der Waals surface area (Å²) in [4.78, 5) is 23.2. The minimum absolute atomic E-state index is 0.0136. The fourth-order valence-corrected chi connectivity index (χ4v) is 1.82. The number of nitrogens with one attached hydrogen (secondary N) is 2. The molecule has 1 saturated carbocycles. The highest BCUT2D eigenvalue weighted by atomic mass is 16.2. The van der Waals surface area contributed by atoms with Crippen LogP contribution in [0.15, 0.2) is 24.3 Å². The molecule has 0 aromatic heterocycles. The fraction of sp³-hybridized carbons (Fsp3) is 0.429. The van der Waals surface area contributed by atoms with E-state index in [4.69, 9.17) is 5.73 Å². The molecule has 1 aliphatic carbocycles. The molecule has 2 rings (SSSR count). The smallest absolute Gasteiger partial charge is 0.231 e. The monoisotopic (exact) mass is 261 g/mol. The molecule has 0 spiro atoms. The Morgan fingerprint density at radius 2 is 1.68 bits per heavy atom. The molecule has 0 aliphatic heterocycles. The molecule has 19 heavy (non-hydrogen) atoms. The third-order valence-electron chi connectivity index (χ3n) is 3.47. The van der Waals surface area contributed by atoms with E-state index in [0.29, 0.717) is 13.0 Å². The normalized spacial score (nSPS) is 15.7. The zero-order chi connectivity index (χ0) is 13.9. The van der Waals surface area contributed by atoms with Gasteiger partial charge in [0.2, 0.25) is 11.8 Å². The number of rotatable bonds is 5. The fourth-order valence-electron chi connectivity index (χ4n) is 1.82. The number of hydrogen-bond donors (Lipinski definition) is 3. The topological polar surface area (TPSA) is 84.2 Å². The van der Waals surface area contributed by atoms with E-state index in [1.165, 1.54) is 0 Å². The summed E-state index contributed by atoms with van der Waals surface area (Å²) in [5.41, 5.74) is 6.71. The van der Waals surface area contributed by atoms with Crippen LogP contribution in [-0.4, -0.2) is 18.4 Å². The van der Waals surface area contributed by atoms with Crippen LogP contribution >= 0.6 is 0 Å². The molecule has 0 atom stereocenters. The maximum absolute atomic E-state index is 12.0. The highest BCUT2D eigenvalue weighted by molar-refractivity contribution is 5.97. The lowest BCUT2D eigenvalue weighted by Gasteiger charge is -2.13. The summed E-state index contributed by atoms with van der Waals surface area (Å²) in [6, 6.07) is 7.09. The minimum Gasteiger partial charge on any atom is -0.329 e. The van der Waals surface area contributed by atoms with E-state index in [9.17, 15) is 9.59 Å². The van der Waals surface area contributed by atoms with Gasteiger partial charge >= 0.3 is 0 Å². The van der Waals surface area contributed by atoms with Crippen molar-refractivity contribution in [1.82, 2.24) is 0 Å². The largest absolute Gasteiger partial charge is 0.329 e. The Kier molecular flexibility index (Phi) is 3.85. The highest BCUT2D eigenvalue weighted by Gasteiger charge is 2.48. The van der Waals surface area contributed by atoms with Gasteiger partial charge in [0.1, 0.15) is 0 Å². The van der Waals surface area contributed by atoms with Crippen LogP contribution in [0, 0.1) is 5.41 Å². The molecule has 4 N–H and O–H groups in total. The zero-order valence-electron chi connectivity index (χ0n) is 11.0. The molecule has 0 radical (unpaired) electrons. The summed E-state index contributed by atoms with van der Waals surface area (Å²) in [7, 11) is 0. The Hall–Kier alpha value is -1.88. The Bertz CT molecular complexity index is 478. The average Bonchev–Trinajstić information content (AvgIpc) is 3.22. The summed E-state index contributed by atoms with van der Waals surface area (Å²) in [6.07, 6.45) is 2.16. The molecule has 0 bridgehead atoms. The SMILES string of the molecule is CCC(=O)Nc1ccc(NC(=O)C2(CN)CC2)cc1. The van der Waals surface area contributed by atoms with Crippen molar-refractivity contribution < 1.29 is 9.59 Å². The maximum atomic E-state index is 12.0. The molecule has 2 amide bonds. The van der Waals surface area contributed by atoms with Crippen molar-refractivity contribution in [2.75, 3.05) is 17.2 Å². The third kappa shape index (κ3) is 3.12. The summed E-state index contributed by atoms with van der Waals surface area (Å²) in [5.74, 6) is -0.0443. The van der Waals surface area contributed by atoms with Gasteiger partial charge in [0, 0.05) is 24.3 Å². The summed E-state index contributed by atoms with van der Waals surface area (Å²) < 4.78 is 0. The Morgan fingerprint density at radius 1 is 1.16 bits per heavy atom. The predicted octanol–water partition coefficient (Wildman–Crippen LogP) is 1.71. The van der Waals surface area contributed by atoms with E-state index in [0.717, 1.165) is 24.2 Å². The lowest BCUT2D eigenvalue weighted by atomic mass is 10.1. The van der Waals surface area contributed by atoms with Crippen LogP contribution in [0.4, 0.5) is 11.4 Å². The van der Waals surface area contributed by atoms with Gasteiger partial charge in [-0.05, 0) is 37.1 Å². The van der Waals surface area contributed by atoms with Crippen LogP contribution in [-0.2, 0) is 9.59 Å². The summed E-state index contributed by atoms with van der Waals surface area (Å²) in [5, 5.41) is 5.61. The standard InChI is InChI=1S/C14H19N3O2/c1-2-12(18)16-10-3-5-11(6-4-10)17-13(19)14(9-15)7-8-14/h3-6H,2,7-9,15H2,1H3,(H,16,18)(H,17,19). The number of anilines is 2. The van der Waals surface area contributed by atoms with E-state index in [1.807, 2.05) is 0 Å². The van der Waals surface area contributed by atoms with Gasteiger partial charge in [0.05, 0.1) is 5.41 Å². The van der Waals surface area contributed by atoms with Gasteiger partial charge in [-0.3, -0.25) is 9.59 Å². The van der Waals surface area contributed by atoms with Crippen molar-refractivity contribution in [2.24, 2.45) is 11.1 Å². The van der Waals surface area contributed by atoms with E-state index >= 15 is 0 Å². The lowest BCUT2D eigenvalue weighted by Crippen LogP contribution is -2.30.